The first-order valence-corrected chi connectivity index (χ1v) is 5.28. The maximum absolute atomic E-state index is 13.4. The van der Waals surface area contributed by atoms with Gasteiger partial charge in [0.1, 0.15) is 0 Å². The summed E-state index contributed by atoms with van der Waals surface area (Å²) in [5.74, 6) is -0.123. The molecule has 0 bridgehead atoms. The van der Waals surface area contributed by atoms with Crippen LogP contribution in [-0.4, -0.2) is 7.11 Å². The van der Waals surface area contributed by atoms with E-state index in [0.717, 1.165) is 24.0 Å². The fourth-order valence-corrected chi connectivity index (χ4v) is 1.48. The highest BCUT2D eigenvalue weighted by Crippen LogP contribution is 2.23. The number of ether oxygens (including phenoxy) is 1. The van der Waals surface area contributed by atoms with Crippen molar-refractivity contribution in [2.24, 2.45) is 5.73 Å². The van der Waals surface area contributed by atoms with Crippen LogP contribution in [0.5, 0.6) is 5.75 Å². The summed E-state index contributed by atoms with van der Waals surface area (Å²) in [4.78, 5) is 0. The highest BCUT2D eigenvalue weighted by Gasteiger charge is 2.09. The van der Waals surface area contributed by atoms with E-state index in [1.165, 1.54) is 13.2 Å². The van der Waals surface area contributed by atoms with Crippen molar-refractivity contribution in [2.75, 3.05) is 7.11 Å². The minimum absolute atomic E-state index is 0.155. The van der Waals surface area contributed by atoms with E-state index in [-0.39, 0.29) is 17.6 Å². The Morgan fingerprint density at radius 1 is 1.56 bits per heavy atom. The van der Waals surface area contributed by atoms with Crippen LogP contribution in [0.25, 0.3) is 0 Å². The summed E-state index contributed by atoms with van der Waals surface area (Å²) in [6.07, 6.45) is 1.63. The molecule has 2 N–H and O–H groups in total. The fraction of sp³-hybridized carbons (Fsp3) is 0.385. The third-order valence-electron chi connectivity index (χ3n) is 2.49. The Hall–Kier alpha value is -1.35. The predicted molar refractivity (Wildman–Crippen MR) is 63.9 cm³/mol. The molecule has 88 valence electrons. The Labute approximate surface area is 95.9 Å². The summed E-state index contributed by atoms with van der Waals surface area (Å²) in [5.41, 5.74) is 7.83. The molecule has 0 amide bonds. The summed E-state index contributed by atoms with van der Waals surface area (Å²) in [5, 5.41) is 0. The molecule has 0 saturated heterocycles. The van der Waals surface area contributed by atoms with Crippen molar-refractivity contribution < 1.29 is 9.13 Å². The molecule has 2 nitrogen and oxygen atoms in total. The standard InChI is InChI=1S/C13H18FNO/c1-9(2)4-6-12(15)10-5-7-13(16-3)11(14)8-10/h5,7-8,12H,1,4,6,15H2,2-3H3. The molecule has 0 saturated carbocycles. The smallest absolute Gasteiger partial charge is 0.165 e. The van der Waals surface area contributed by atoms with Gasteiger partial charge in [-0.2, -0.15) is 0 Å². The first-order valence-electron chi connectivity index (χ1n) is 5.28. The number of nitrogens with two attached hydrogens (primary N) is 1. The maximum atomic E-state index is 13.4. The van der Waals surface area contributed by atoms with E-state index in [1.807, 2.05) is 6.92 Å². The van der Waals surface area contributed by atoms with Gasteiger partial charge in [0.05, 0.1) is 7.11 Å². The summed E-state index contributed by atoms with van der Waals surface area (Å²) in [7, 11) is 1.44. The largest absolute Gasteiger partial charge is 0.494 e. The van der Waals surface area contributed by atoms with Crippen LogP contribution >= 0.6 is 0 Å². The molecule has 0 spiro atoms. The lowest BCUT2D eigenvalue weighted by atomic mass is 10.0. The lowest BCUT2D eigenvalue weighted by molar-refractivity contribution is 0.385. The van der Waals surface area contributed by atoms with Gasteiger partial charge in [-0.1, -0.05) is 11.6 Å². The van der Waals surface area contributed by atoms with E-state index in [2.05, 4.69) is 6.58 Å². The monoisotopic (exact) mass is 223 g/mol. The van der Waals surface area contributed by atoms with Gasteiger partial charge in [-0.05, 0) is 37.5 Å². The number of benzene rings is 1. The minimum atomic E-state index is -0.370. The van der Waals surface area contributed by atoms with E-state index < -0.39 is 0 Å². The van der Waals surface area contributed by atoms with Gasteiger partial charge in [0.15, 0.2) is 11.6 Å². The van der Waals surface area contributed by atoms with Gasteiger partial charge < -0.3 is 10.5 Å². The second-order valence-electron chi connectivity index (χ2n) is 4.00. The minimum Gasteiger partial charge on any atom is -0.494 e. The highest BCUT2D eigenvalue weighted by atomic mass is 19.1. The summed E-state index contributed by atoms with van der Waals surface area (Å²) in [6, 6.07) is 4.68. The van der Waals surface area contributed by atoms with E-state index in [0.29, 0.717) is 0 Å². The van der Waals surface area contributed by atoms with Crippen LogP contribution in [0.4, 0.5) is 4.39 Å². The molecule has 0 radical (unpaired) electrons. The molecule has 1 atom stereocenters. The zero-order valence-electron chi connectivity index (χ0n) is 9.79. The van der Waals surface area contributed by atoms with Crippen LogP contribution in [0, 0.1) is 5.82 Å². The molecular weight excluding hydrogens is 205 g/mol. The van der Waals surface area contributed by atoms with Gasteiger partial charge in [0.2, 0.25) is 0 Å². The van der Waals surface area contributed by atoms with E-state index >= 15 is 0 Å². The first kappa shape index (κ1) is 12.7. The van der Waals surface area contributed by atoms with Gasteiger partial charge in [0.25, 0.3) is 0 Å². The third-order valence-corrected chi connectivity index (χ3v) is 2.49. The Morgan fingerprint density at radius 3 is 2.75 bits per heavy atom. The van der Waals surface area contributed by atoms with Gasteiger partial charge in [-0.3, -0.25) is 0 Å². The summed E-state index contributed by atoms with van der Waals surface area (Å²) >= 11 is 0. The average molecular weight is 223 g/mol. The van der Waals surface area contributed by atoms with Crippen LogP contribution in [-0.2, 0) is 0 Å². The molecule has 1 aromatic rings. The Morgan fingerprint density at radius 2 is 2.25 bits per heavy atom. The molecule has 0 fully saturated rings. The van der Waals surface area contributed by atoms with Crippen molar-refractivity contribution in [2.45, 2.75) is 25.8 Å². The number of hydrogen-bond acceptors (Lipinski definition) is 2. The van der Waals surface area contributed by atoms with E-state index in [1.54, 1.807) is 12.1 Å². The van der Waals surface area contributed by atoms with Crippen molar-refractivity contribution in [3.05, 3.63) is 41.7 Å². The molecule has 0 aliphatic carbocycles. The molecule has 16 heavy (non-hydrogen) atoms. The van der Waals surface area contributed by atoms with E-state index in [4.69, 9.17) is 10.5 Å². The Bertz CT molecular complexity index is 376. The third kappa shape index (κ3) is 3.35. The van der Waals surface area contributed by atoms with Crippen LogP contribution in [0.1, 0.15) is 31.4 Å². The molecule has 3 heteroatoms. The number of rotatable bonds is 5. The van der Waals surface area contributed by atoms with E-state index in [9.17, 15) is 4.39 Å². The van der Waals surface area contributed by atoms with Gasteiger partial charge in [-0.15, -0.1) is 6.58 Å². The second-order valence-corrected chi connectivity index (χ2v) is 4.00. The molecule has 0 aliphatic rings. The van der Waals surface area contributed by atoms with Gasteiger partial charge in [-0.25, -0.2) is 4.39 Å². The topological polar surface area (TPSA) is 35.2 Å². The quantitative estimate of drug-likeness (QED) is 0.778. The molecule has 1 rings (SSSR count). The normalized spacial score (nSPS) is 12.2. The summed E-state index contributed by atoms with van der Waals surface area (Å²) in [6.45, 7) is 5.78. The molecule has 0 heterocycles. The molecule has 0 aliphatic heterocycles. The van der Waals surface area contributed by atoms with Crippen LogP contribution in [0.3, 0.4) is 0 Å². The summed E-state index contributed by atoms with van der Waals surface area (Å²) < 4.78 is 18.3. The Kier molecular flexibility index (Phi) is 4.50. The number of hydrogen-bond donors (Lipinski definition) is 1. The van der Waals surface area contributed by atoms with Gasteiger partial charge >= 0.3 is 0 Å². The Balaban J connectivity index is 2.72. The van der Waals surface area contributed by atoms with Crippen molar-refractivity contribution in [3.63, 3.8) is 0 Å². The van der Waals surface area contributed by atoms with Crippen molar-refractivity contribution in [3.8, 4) is 5.75 Å². The second kappa shape index (κ2) is 5.66. The number of halogens is 1. The van der Waals surface area contributed by atoms with Crippen LogP contribution in [0.15, 0.2) is 30.4 Å². The van der Waals surface area contributed by atoms with Crippen molar-refractivity contribution >= 4 is 0 Å². The van der Waals surface area contributed by atoms with Crippen molar-refractivity contribution in [1.29, 1.82) is 0 Å². The number of allylic oxidation sites excluding steroid dienone is 1. The molecule has 0 aromatic heterocycles. The first-order chi connectivity index (χ1) is 7.54. The zero-order chi connectivity index (χ0) is 12.1. The fourth-order valence-electron chi connectivity index (χ4n) is 1.48. The molecule has 1 aromatic carbocycles. The zero-order valence-corrected chi connectivity index (χ0v) is 9.79. The SMILES string of the molecule is C=C(C)CCC(N)c1ccc(OC)c(F)c1. The van der Waals surface area contributed by atoms with Crippen molar-refractivity contribution in [1.82, 2.24) is 0 Å². The highest BCUT2D eigenvalue weighted by molar-refractivity contribution is 5.30. The lowest BCUT2D eigenvalue weighted by Crippen LogP contribution is -2.10. The van der Waals surface area contributed by atoms with Gasteiger partial charge in [0, 0.05) is 6.04 Å². The maximum Gasteiger partial charge on any atom is 0.165 e. The number of methoxy groups -OCH3 is 1. The average Bonchev–Trinajstić information content (AvgIpc) is 2.25. The van der Waals surface area contributed by atoms with Crippen LogP contribution in [0.2, 0.25) is 0 Å². The van der Waals surface area contributed by atoms with Crippen LogP contribution < -0.4 is 10.5 Å². The predicted octanol–water partition coefficient (Wildman–Crippen LogP) is 3.19. The molecular formula is C13H18FNO. The molecule has 1 unspecified atom stereocenters. The lowest BCUT2D eigenvalue weighted by Gasteiger charge is -2.13.